The van der Waals surface area contributed by atoms with E-state index < -0.39 is 12.0 Å². The molecule has 0 aromatic heterocycles. The molecule has 102 valence electrons. The highest BCUT2D eigenvalue weighted by Gasteiger charge is 2.39. The minimum Gasteiger partial charge on any atom is -0.497 e. The Kier molecular flexibility index (Phi) is 3.99. The highest BCUT2D eigenvalue weighted by atomic mass is 32.2. The summed E-state index contributed by atoms with van der Waals surface area (Å²) in [6.45, 7) is 1.84. The molecule has 0 spiro atoms. The molecule has 1 heterocycles. The number of ether oxygens (including phenoxy) is 1. The topological polar surface area (TPSA) is 66.8 Å². The number of rotatable bonds is 3. The number of nitrogens with zero attached hydrogens (tertiary/aromatic N) is 1. The third kappa shape index (κ3) is 2.68. The third-order valence-corrected chi connectivity index (χ3v) is 4.30. The molecule has 1 amide bonds. The maximum Gasteiger partial charge on any atom is 0.327 e. The van der Waals surface area contributed by atoms with E-state index in [1.165, 1.54) is 16.7 Å². The van der Waals surface area contributed by atoms with Gasteiger partial charge in [0.2, 0.25) is 0 Å². The number of thioether (sulfide) groups is 1. The zero-order valence-corrected chi connectivity index (χ0v) is 11.5. The molecular formula is C13H15NO4S. The fraction of sp³-hybridized carbons (Fsp3) is 0.385. The van der Waals surface area contributed by atoms with E-state index in [0.29, 0.717) is 17.1 Å². The summed E-state index contributed by atoms with van der Waals surface area (Å²) in [6, 6.07) is 5.92. The van der Waals surface area contributed by atoms with Crippen LogP contribution in [0, 0.1) is 0 Å². The maximum absolute atomic E-state index is 12.4. The first-order valence-corrected chi connectivity index (χ1v) is 6.90. The Labute approximate surface area is 115 Å². The molecule has 2 unspecified atom stereocenters. The van der Waals surface area contributed by atoms with Crippen molar-refractivity contribution in [3.63, 3.8) is 0 Å². The standard InChI is InChI=1S/C13H15NO4S/c1-8-14(11(7-19-8)13(16)17)12(15)9-3-5-10(18-2)6-4-9/h3-6,8,11H,7H2,1-2H3,(H,16,17). The van der Waals surface area contributed by atoms with E-state index in [0.717, 1.165) is 0 Å². The van der Waals surface area contributed by atoms with Gasteiger partial charge in [0.05, 0.1) is 12.5 Å². The smallest absolute Gasteiger partial charge is 0.327 e. The van der Waals surface area contributed by atoms with Crippen LogP contribution in [0.4, 0.5) is 0 Å². The molecule has 0 radical (unpaired) electrons. The van der Waals surface area contributed by atoms with Gasteiger partial charge in [-0.05, 0) is 31.2 Å². The van der Waals surface area contributed by atoms with E-state index in [4.69, 9.17) is 9.84 Å². The molecule has 2 rings (SSSR count). The average Bonchev–Trinajstić information content (AvgIpc) is 2.80. The van der Waals surface area contributed by atoms with Gasteiger partial charge < -0.3 is 14.7 Å². The summed E-state index contributed by atoms with van der Waals surface area (Å²) in [7, 11) is 1.55. The van der Waals surface area contributed by atoms with Crippen LogP contribution in [0.15, 0.2) is 24.3 Å². The van der Waals surface area contributed by atoms with Crippen molar-refractivity contribution >= 4 is 23.6 Å². The Morgan fingerprint density at radius 2 is 2.00 bits per heavy atom. The van der Waals surface area contributed by atoms with Gasteiger partial charge >= 0.3 is 5.97 Å². The number of carbonyl (C=O) groups is 2. The van der Waals surface area contributed by atoms with E-state index in [9.17, 15) is 9.59 Å². The van der Waals surface area contributed by atoms with Crippen LogP contribution in [0.1, 0.15) is 17.3 Å². The number of hydrogen-bond donors (Lipinski definition) is 1. The van der Waals surface area contributed by atoms with Gasteiger partial charge in [-0.15, -0.1) is 11.8 Å². The maximum atomic E-state index is 12.4. The van der Waals surface area contributed by atoms with Gasteiger partial charge in [0.15, 0.2) is 0 Å². The Morgan fingerprint density at radius 3 is 2.53 bits per heavy atom. The number of aliphatic carboxylic acids is 1. The lowest BCUT2D eigenvalue weighted by atomic mass is 10.1. The van der Waals surface area contributed by atoms with Crippen LogP contribution < -0.4 is 4.74 Å². The highest BCUT2D eigenvalue weighted by Crippen LogP contribution is 2.30. The van der Waals surface area contributed by atoms with Crippen molar-refractivity contribution in [3.05, 3.63) is 29.8 Å². The lowest BCUT2D eigenvalue weighted by molar-refractivity contribution is -0.141. The molecule has 0 aliphatic carbocycles. The second kappa shape index (κ2) is 5.52. The third-order valence-electron chi connectivity index (χ3n) is 3.08. The van der Waals surface area contributed by atoms with Gasteiger partial charge in [-0.1, -0.05) is 0 Å². The van der Waals surface area contributed by atoms with Crippen molar-refractivity contribution < 1.29 is 19.4 Å². The molecular weight excluding hydrogens is 266 g/mol. The van der Waals surface area contributed by atoms with Crippen LogP contribution in [0.5, 0.6) is 5.75 Å². The van der Waals surface area contributed by atoms with Crippen molar-refractivity contribution in [2.75, 3.05) is 12.9 Å². The molecule has 1 aliphatic heterocycles. The minimum atomic E-state index is -0.960. The Hall–Kier alpha value is -1.69. The molecule has 1 saturated heterocycles. The summed E-state index contributed by atoms with van der Waals surface area (Å²) >= 11 is 1.47. The predicted octanol–water partition coefficient (Wildman–Crippen LogP) is 1.68. The number of benzene rings is 1. The summed E-state index contributed by atoms with van der Waals surface area (Å²) in [4.78, 5) is 25.0. The van der Waals surface area contributed by atoms with Gasteiger partial charge in [0, 0.05) is 11.3 Å². The van der Waals surface area contributed by atoms with Crippen molar-refractivity contribution in [1.29, 1.82) is 0 Å². The Morgan fingerprint density at radius 1 is 1.37 bits per heavy atom. The molecule has 19 heavy (non-hydrogen) atoms. The van der Waals surface area contributed by atoms with Crippen LogP contribution in [-0.2, 0) is 4.79 Å². The molecule has 6 heteroatoms. The molecule has 1 N–H and O–H groups in total. The number of amides is 1. The van der Waals surface area contributed by atoms with E-state index in [1.807, 2.05) is 6.92 Å². The quantitative estimate of drug-likeness (QED) is 0.913. The molecule has 1 aliphatic rings. The van der Waals surface area contributed by atoms with Gasteiger partial charge in [-0.25, -0.2) is 4.79 Å². The monoisotopic (exact) mass is 281 g/mol. The second-order valence-corrected chi connectivity index (χ2v) is 5.58. The SMILES string of the molecule is COc1ccc(C(=O)N2C(C)SCC2C(=O)O)cc1. The number of carboxylic acids is 1. The van der Waals surface area contributed by atoms with Crippen molar-refractivity contribution in [2.45, 2.75) is 18.3 Å². The van der Waals surface area contributed by atoms with Crippen molar-refractivity contribution in [3.8, 4) is 5.75 Å². The van der Waals surface area contributed by atoms with Crippen LogP contribution >= 0.6 is 11.8 Å². The van der Waals surface area contributed by atoms with Crippen LogP contribution in [-0.4, -0.2) is 46.2 Å². The lowest BCUT2D eigenvalue weighted by Gasteiger charge is -2.25. The van der Waals surface area contributed by atoms with E-state index in [-0.39, 0.29) is 11.3 Å². The normalized spacial score (nSPS) is 22.3. The van der Waals surface area contributed by atoms with Gasteiger partial charge in [0.25, 0.3) is 5.91 Å². The van der Waals surface area contributed by atoms with Gasteiger partial charge in [-0.2, -0.15) is 0 Å². The van der Waals surface area contributed by atoms with Gasteiger partial charge in [-0.3, -0.25) is 4.79 Å². The van der Waals surface area contributed by atoms with Crippen LogP contribution in [0.3, 0.4) is 0 Å². The first kappa shape index (κ1) is 13.7. The summed E-state index contributed by atoms with van der Waals surface area (Å²) in [6.07, 6.45) is 0. The summed E-state index contributed by atoms with van der Waals surface area (Å²) in [5.74, 6) is -0.125. The van der Waals surface area contributed by atoms with Gasteiger partial charge in [0.1, 0.15) is 11.8 Å². The average molecular weight is 281 g/mol. The molecule has 5 nitrogen and oxygen atoms in total. The first-order chi connectivity index (χ1) is 9.04. The highest BCUT2D eigenvalue weighted by molar-refractivity contribution is 8.00. The molecule has 2 atom stereocenters. The largest absolute Gasteiger partial charge is 0.497 e. The fourth-order valence-corrected chi connectivity index (χ4v) is 3.19. The molecule has 1 aromatic rings. The molecule has 1 fully saturated rings. The number of hydrogen-bond acceptors (Lipinski definition) is 4. The Bertz CT molecular complexity index is 488. The van der Waals surface area contributed by atoms with E-state index in [2.05, 4.69) is 0 Å². The molecule has 0 bridgehead atoms. The molecule has 1 aromatic carbocycles. The first-order valence-electron chi connectivity index (χ1n) is 5.85. The van der Waals surface area contributed by atoms with E-state index >= 15 is 0 Å². The van der Waals surface area contributed by atoms with E-state index in [1.54, 1.807) is 31.4 Å². The zero-order chi connectivity index (χ0) is 14.0. The fourth-order valence-electron chi connectivity index (χ4n) is 2.02. The zero-order valence-electron chi connectivity index (χ0n) is 10.7. The number of carboxylic acid groups (broad SMARTS) is 1. The minimum absolute atomic E-state index is 0.129. The summed E-state index contributed by atoms with van der Waals surface area (Å²) < 4.78 is 5.03. The van der Waals surface area contributed by atoms with Crippen LogP contribution in [0.25, 0.3) is 0 Å². The lowest BCUT2D eigenvalue weighted by Crippen LogP contribution is -2.44. The summed E-state index contributed by atoms with van der Waals surface area (Å²) in [5.41, 5.74) is 0.474. The van der Waals surface area contributed by atoms with Crippen LogP contribution in [0.2, 0.25) is 0 Å². The molecule has 0 saturated carbocycles. The summed E-state index contributed by atoms with van der Waals surface area (Å²) in [5, 5.41) is 9.02. The van der Waals surface area contributed by atoms with Crippen molar-refractivity contribution in [1.82, 2.24) is 4.90 Å². The second-order valence-electron chi connectivity index (χ2n) is 4.23. The van der Waals surface area contributed by atoms with Crippen molar-refractivity contribution in [2.24, 2.45) is 0 Å². The number of carbonyl (C=O) groups excluding carboxylic acids is 1. The number of methoxy groups -OCH3 is 1. The predicted molar refractivity (Wildman–Crippen MR) is 72.5 cm³/mol. The Balaban J connectivity index is 2.23.